The molecule has 1 heterocycles. The summed E-state index contributed by atoms with van der Waals surface area (Å²) in [5.74, 6) is 0.577. The summed E-state index contributed by atoms with van der Waals surface area (Å²) in [5, 5.41) is 0. The van der Waals surface area contributed by atoms with Gasteiger partial charge in [-0.05, 0) is 12.8 Å². The third-order valence-corrected chi connectivity index (χ3v) is 1.82. The van der Waals surface area contributed by atoms with Crippen LogP contribution in [0.2, 0.25) is 0 Å². The minimum absolute atomic E-state index is 0.577. The molecule has 0 aliphatic rings. The summed E-state index contributed by atoms with van der Waals surface area (Å²) in [6.45, 7) is 2.18. The molecule has 0 atom stereocenters. The predicted octanol–water partition coefficient (Wildman–Crippen LogP) is 1.79. The van der Waals surface area contributed by atoms with Crippen molar-refractivity contribution in [3.8, 4) is 0 Å². The summed E-state index contributed by atoms with van der Waals surface area (Å²) < 4.78 is 0. The molecule has 3 nitrogen and oxygen atoms in total. The largest absolute Gasteiger partial charge is 0.382 e. The quantitative estimate of drug-likeness (QED) is 0.692. The average molecular weight is 165 g/mol. The Balaban J connectivity index is 2.46. The molecule has 0 aliphatic carbocycles. The lowest BCUT2D eigenvalue weighted by molar-refractivity contribution is 0.706. The Morgan fingerprint density at radius 3 is 2.67 bits per heavy atom. The topological polar surface area (TPSA) is 51.8 Å². The molecule has 0 spiro atoms. The molecule has 0 amide bonds. The molecule has 3 heteroatoms. The Morgan fingerprint density at radius 1 is 1.25 bits per heavy atom. The van der Waals surface area contributed by atoms with Gasteiger partial charge in [-0.1, -0.05) is 19.8 Å². The second-order valence-corrected chi connectivity index (χ2v) is 2.85. The highest BCUT2D eigenvalue weighted by molar-refractivity contribution is 5.32. The van der Waals surface area contributed by atoms with Crippen LogP contribution < -0.4 is 5.73 Å². The van der Waals surface area contributed by atoms with Crippen LogP contribution in [0.3, 0.4) is 0 Å². The SMILES string of the molecule is CCCCCc1nccnc1N. The van der Waals surface area contributed by atoms with E-state index in [9.17, 15) is 0 Å². The first-order valence-corrected chi connectivity index (χ1v) is 4.40. The minimum Gasteiger partial charge on any atom is -0.382 e. The molecule has 0 unspecified atom stereocenters. The van der Waals surface area contributed by atoms with Crippen LogP contribution in [0.25, 0.3) is 0 Å². The summed E-state index contributed by atoms with van der Waals surface area (Å²) in [6, 6.07) is 0. The van der Waals surface area contributed by atoms with E-state index in [1.165, 1.54) is 12.8 Å². The maximum atomic E-state index is 5.63. The average Bonchev–Trinajstić information content (AvgIpc) is 2.09. The number of unbranched alkanes of at least 4 members (excludes halogenated alkanes) is 2. The predicted molar refractivity (Wildman–Crippen MR) is 49.7 cm³/mol. The first-order valence-electron chi connectivity index (χ1n) is 4.40. The van der Waals surface area contributed by atoms with Gasteiger partial charge in [-0.3, -0.25) is 4.98 Å². The molecular weight excluding hydrogens is 150 g/mol. The van der Waals surface area contributed by atoms with Gasteiger partial charge in [-0.15, -0.1) is 0 Å². The number of nitrogen functional groups attached to an aromatic ring is 1. The zero-order valence-corrected chi connectivity index (χ0v) is 7.45. The van der Waals surface area contributed by atoms with Crippen molar-refractivity contribution in [1.82, 2.24) is 9.97 Å². The van der Waals surface area contributed by atoms with Crippen molar-refractivity contribution in [1.29, 1.82) is 0 Å². The molecule has 0 aromatic carbocycles. The Labute approximate surface area is 73.0 Å². The van der Waals surface area contributed by atoms with Crippen LogP contribution in [0.15, 0.2) is 12.4 Å². The Bertz CT molecular complexity index is 235. The smallest absolute Gasteiger partial charge is 0.145 e. The standard InChI is InChI=1S/C9H15N3/c1-2-3-4-5-8-9(10)12-7-6-11-8/h6-7H,2-5H2,1H3,(H2,10,12). The van der Waals surface area contributed by atoms with E-state index in [0.29, 0.717) is 5.82 Å². The number of nitrogens with zero attached hydrogens (tertiary/aromatic N) is 2. The van der Waals surface area contributed by atoms with E-state index in [0.717, 1.165) is 18.5 Å². The lowest BCUT2D eigenvalue weighted by Gasteiger charge is -2.01. The number of nitrogens with two attached hydrogens (primary N) is 1. The van der Waals surface area contributed by atoms with E-state index in [1.54, 1.807) is 12.4 Å². The van der Waals surface area contributed by atoms with Gasteiger partial charge in [0, 0.05) is 12.4 Å². The highest BCUT2D eigenvalue weighted by Gasteiger charge is 1.98. The van der Waals surface area contributed by atoms with Crippen molar-refractivity contribution in [2.45, 2.75) is 32.6 Å². The molecule has 1 aromatic rings. The van der Waals surface area contributed by atoms with E-state index in [1.807, 2.05) is 0 Å². The second kappa shape index (κ2) is 4.70. The van der Waals surface area contributed by atoms with Crippen LogP contribution in [0.4, 0.5) is 5.82 Å². The van der Waals surface area contributed by atoms with E-state index in [-0.39, 0.29) is 0 Å². The van der Waals surface area contributed by atoms with Gasteiger partial charge in [-0.25, -0.2) is 4.98 Å². The number of aromatic nitrogens is 2. The Morgan fingerprint density at radius 2 is 2.00 bits per heavy atom. The summed E-state index contributed by atoms with van der Waals surface area (Å²) in [5.41, 5.74) is 6.57. The molecular formula is C9H15N3. The molecule has 0 radical (unpaired) electrons. The fraction of sp³-hybridized carbons (Fsp3) is 0.556. The number of rotatable bonds is 4. The van der Waals surface area contributed by atoms with Crippen molar-refractivity contribution in [3.05, 3.63) is 18.1 Å². The molecule has 0 aliphatic heterocycles. The third kappa shape index (κ3) is 2.49. The Hall–Kier alpha value is -1.12. The summed E-state index contributed by atoms with van der Waals surface area (Å²) >= 11 is 0. The van der Waals surface area contributed by atoms with E-state index < -0.39 is 0 Å². The summed E-state index contributed by atoms with van der Waals surface area (Å²) in [6.07, 6.45) is 7.87. The molecule has 0 saturated heterocycles. The van der Waals surface area contributed by atoms with Gasteiger partial charge in [0.25, 0.3) is 0 Å². The molecule has 66 valence electrons. The van der Waals surface area contributed by atoms with E-state index >= 15 is 0 Å². The number of hydrogen-bond donors (Lipinski definition) is 1. The van der Waals surface area contributed by atoms with Gasteiger partial charge in [0.15, 0.2) is 0 Å². The monoisotopic (exact) mass is 165 g/mol. The van der Waals surface area contributed by atoms with Crippen LogP contribution in [0, 0.1) is 0 Å². The van der Waals surface area contributed by atoms with Gasteiger partial charge >= 0.3 is 0 Å². The van der Waals surface area contributed by atoms with Crippen molar-refractivity contribution in [3.63, 3.8) is 0 Å². The first kappa shape index (κ1) is 8.97. The van der Waals surface area contributed by atoms with Crippen molar-refractivity contribution >= 4 is 5.82 Å². The summed E-state index contributed by atoms with van der Waals surface area (Å²) in [7, 11) is 0. The molecule has 2 N–H and O–H groups in total. The fourth-order valence-electron chi connectivity index (χ4n) is 1.11. The lowest BCUT2D eigenvalue weighted by Crippen LogP contribution is -1.99. The number of aryl methyl sites for hydroxylation is 1. The fourth-order valence-corrected chi connectivity index (χ4v) is 1.11. The van der Waals surface area contributed by atoms with E-state index in [4.69, 9.17) is 5.73 Å². The lowest BCUT2D eigenvalue weighted by atomic mass is 10.1. The first-order chi connectivity index (χ1) is 5.84. The third-order valence-electron chi connectivity index (χ3n) is 1.82. The van der Waals surface area contributed by atoms with Crippen LogP contribution in [0.1, 0.15) is 31.9 Å². The number of anilines is 1. The van der Waals surface area contributed by atoms with Crippen LogP contribution in [-0.2, 0) is 6.42 Å². The second-order valence-electron chi connectivity index (χ2n) is 2.85. The van der Waals surface area contributed by atoms with Crippen molar-refractivity contribution < 1.29 is 0 Å². The van der Waals surface area contributed by atoms with Crippen molar-refractivity contribution in [2.75, 3.05) is 5.73 Å². The molecule has 12 heavy (non-hydrogen) atoms. The maximum Gasteiger partial charge on any atom is 0.145 e. The molecule has 0 fully saturated rings. The normalized spacial score (nSPS) is 10.1. The molecule has 1 rings (SSSR count). The zero-order valence-electron chi connectivity index (χ0n) is 7.45. The molecule has 0 saturated carbocycles. The van der Waals surface area contributed by atoms with Gasteiger partial charge in [0.05, 0.1) is 5.69 Å². The Kier molecular flexibility index (Phi) is 3.51. The zero-order chi connectivity index (χ0) is 8.81. The van der Waals surface area contributed by atoms with Gasteiger partial charge in [0.1, 0.15) is 5.82 Å². The van der Waals surface area contributed by atoms with E-state index in [2.05, 4.69) is 16.9 Å². The molecule has 1 aromatic heterocycles. The maximum absolute atomic E-state index is 5.63. The van der Waals surface area contributed by atoms with Crippen LogP contribution >= 0.6 is 0 Å². The molecule has 0 bridgehead atoms. The highest BCUT2D eigenvalue weighted by Crippen LogP contribution is 2.08. The number of hydrogen-bond acceptors (Lipinski definition) is 3. The highest BCUT2D eigenvalue weighted by atomic mass is 14.9. The van der Waals surface area contributed by atoms with Gasteiger partial charge in [0.2, 0.25) is 0 Å². The van der Waals surface area contributed by atoms with Crippen LogP contribution in [0.5, 0.6) is 0 Å². The van der Waals surface area contributed by atoms with Crippen LogP contribution in [-0.4, -0.2) is 9.97 Å². The minimum atomic E-state index is 0.577. The van der Waals surface area contributed by atoms with Gasteiger partial charge in [-0.2, -0.15) is 0 Å². The van der Waals surface area contributed by atoms with Gasteiger partial charge < -0.3 is 5.73 Å². The van der Waals surface area contributed by atoms with Crippen molar-refractivity contribution in [2.24, 2.45) is 0 Å². The summed E-state index contributed by atoms with van der Waals surface area (Å²) in [4.78, 5) is 8.14.